The summed E-state index contributed by atoms with van der Waals surface area (Å²) in [6, 6.07) is 0. The maximum atomic E-state index is 12.9. The molecule has 0 aliphatic heterocycles. The summed E-state index contributed by atoms with van der Waals surface area (Å²) in [6.07, 6.45) is 107. The van der Waals surface area contributed by atoms with E-state index in [1.165, 1.54) is 193 Å². The topological polar surface area (TPSA) is 108 Å². The summed E-state index contributed by atoms with van der Waals surface area (Å²) in [7, 11) is 1.48. The van der Waals surface area contributed by atoms with Gasteiger partial charge < -0.3 is 18.9 Å². The molecule has 0 spiro atoms. The lowest BCUT2D eigenvalue weighted by Gasteiger charge is -2.24. The molecule has 9 nitrogen and oxygen atoms in total. The van der Waals surface area contributed by atoms with Crippen LogP contribution in [0.5, 0.6) is 0 Å². The number of carbonyl (C=O) groups excluding carboxylic acids is 2. The second kappa shape index (κ2) is 73.4. The maximum absolute atomic E-state index is 12.9. The second-order valence-electron chi connectivity index (χ2n) is 27.0. The first-order valence-corrected chi connectivity index (χ1v) is 40.4. The fourth-order valence-corrected chi connectivity index (χ4v) is 11.6. The zero-order chi connectivity index (χ0) is 68.3. The molecule has 0 aromatic rings. The summed E-state index contributed by atoms with van der Waals surface area (Å²) in [5, 5.41) is 0. The molecule has 2 unspecified atom stereocenters. The molecule has 94 heavy (non-hydrogen) atoms. The van der Waals surface area contributed by atoms with Crippen LogP contribution in [0, 0.1) is 0 Å². The number of allylic oxidation sites excluding steroid dienone is 22. The number of unbranched alkanes of at least 4 members (excludes halogenated alkanes) is 35. The number of rotatable bonds is 71. The van der Waals surface area contributed by atoms with Crippen LogP contribution >= 0.6 is 7.82 Å². The molecule has 2 atom stereocenters. The zero-order valence-corrected chi connectivity index (χ0v) is 62.6. The molecular formula is C84H147NO8P+. The van der Waals surface area contributed by atoms with E-state index in [0.29, 0.717) is 17.4 Å². The minimum Gasteiger partial charge on any atom is -0.462 e. The van der Waals surface area contributed by atoms with Crippen molar-refractivity contribution in [2.75, 3.05) is 47.5 Å². The van der Waals surface area contributed by atoms with E-state index < -0.39 is 26.5 Å². The van der Waals surface area contributed by atoms with Crippen LogP contribution in [-0.4, -0.2) is 74.9 Å². The molecule has 0 saturated carbocycles. The maximum Gasteiger partial charge on any atom is 0.472 e. The molecule has 540 valence electrons. The first-order valence-electron chi connectivity index (χ1n) is 38.9. The monoisotopic (exact) mass is 1330 g/mol. The quantitative estimate of drug-likeness (QED) is 0.0211. The number of likely N-dealkylation sites (N-methyl/N-ethyl adjacent to an activating group) is 1. The van der Waals surface area contributed by atoms with Crippen molar-refractivity contribution >= 4 is 19.8 Å². The molecule has 1 N–H and O–H groups in total. The van der Waals surface area contributed by atoms with E-state index in [4.69, 9.17) is 18.5 Å². The van der Waals surface area contributed by atoms with Gasteiger partial charge in [-0.25, -0.2) is 4.57 Å². The average molecular weight is 1330 g/mol. The molecule has 0 aliphatic carbocycles. The van der Waals surface area contributed by atoms with E-state index in [2.05, 4.69) is 148 Å². The lowest BCUT2D eigenvalue weighted by molar-refractivity contribution is -0.870. The molecule has 0 aromatic heterocycles. The summed E-state index contributed by atoms with van der Waals surface area (Å²) in [4.78, 5) is 36.0. The van der Waals surface area contributed by atoms with Crippen molar-refractivity contribution in [1.29, 1.82) is 0 Å². The number of hydrogen-bond donors (Lipinski definition) is 1. The van der Waals surface area contributed by atoms with Crippen LogP contribution in [0.15, 0.2) is 134 Å². The van der Waals surface area contributed by atoms with E-state index in [1.54, 1.807) is 0 Å². The van der Waals surface area contributed by atoms with Crippen LogP contribution in [-0.2, 0) is 32.7 Å². The third-order valence-corrected chi connectivity index (χ3v) is 17.7. The lowest BCUT2D eigenvalue weighted by Crippen LogP contribution is -2.37. The van der Waals surface area contributed by atoms with E-state index in [1.807, 2.05) is 21.1 Å². The van der Waals surface area contributed by atoms with Gasteiger partial charge in [0.05, 0.1) is 27.7 Å². The van der Waals surface area contributed by atoms with Crippen LogP contribution in [0.4, 0.5) is 0 Å². The Kier molecular flexibility index (Phi) is 70.4. The smallest absolute Gasteiger partial charge is 0.462 e. The summed E-state index contributed by atoms with van der Waals surface area (Å²) in [5.74, 6) is -0.788. The predicted molar refractivity (Wildman–Crippen MR) is 408 cm³/mol. The predicted octanol–water partition coefficient (Wildman–Crippen LogP) is 25.9. The number of phosphoric acid groups is 1. The number of phosphoric ester groups is 1. The molecule has 0 amide bonds. The minimum absolute atomic E-state index is 0.0290. The number of ether oxygens (including phenoxy) is 2. The number of esters is 2. The van der Waals surface area contributed by atoms with E-state index in [0.717, 1.165) is 109 Å². The highest BCUT2D eigenvalue weighted by atomic mass is 31.2. The van der Waals surface area contributed by atoms with Gasteiger partial charge in [0.1, 0.15) is 19.8 Å². The van der Waals surface area contributed by atoms with Gasteiger partial charge >= 0.3 is 19.8 Å². The Bertz CT molecular complexity index is 2050. The van der Waals surface area contributed by atoms with Gasteiger partial charge in [-0.2, -0.15) is 0 Å². The van der Waals surface area contributed by atoms with Crippen molar-refractivity contribution in [2.45, 2.75) is 341 Å². The van der Waals surface area contributed by atoms with Crippen LogP contribution in [0.25, 0.3) is 0 Å². The van der Waals surface area contributed by atoms with Crippen LogP contribution in [0.3, 0.4) is 0 Å². The van der Waals surface area contributed by atoms with Crippen LogP contribution in [0.1, 0.15) is 335 Å². The normalized spacial score (nSPS) is 13.8. The van der Waals surface area contributed by atoms with E-state index in [9.17, 15) is 19.0 Å². The molecule has 0 aromatic carbocycles. The first-order chi connectivity index (χ1) is 46.0. The van der Waals surface area contributed by atoms with E-state index in [-0.39, 0.29) is 32.0 Å². The Morgan fingerprint density at radius 3 is 0.851 bits per heavy atom. The Hall–Kier alpha value is -3.85. The lowest BCUT2D eigenvalue weighted by atomic mass is 10.0. The number of nitrogens with zero attached hydrogens (tertiary/aromatic N) is 1. The Morgan fingerprint density at radius 1 is 0.330 bits per heavy atom. The van der Waals surface area contributed by atoms with Crippen molar-refractivity contribution in [3.8, 4) is 0 Å². The van der Waals surface area contributed by atoms with Gasteiger partial charge in [0, 0.05) is 12.8 Å². The molecule has 10 heteroatoms. The zero-order valence-electron chi connectivity index (χ0n) is 61.7. The standard InChI is InChI=1S/C84H146NO8P/c1-6-8-10-12-14-16-18-20-22-24-26-28-30-32-34-36-38-40-42-44-46-48-50-52-54-56-58-60-62-64-66-68-70-72-74-76-83(86)90-80-82(81-92-94(88,89)91-79-78-85(3,4)5)93-84(87)77-75-73-71-69-67-65-63-61-59-57-55-53-51-49-47-45-43-41-39-37-35-33-31-29-27-25-23-21-19-17-15-13-11-9-7-2/h8-11,14-17,20-23,26-29,32-35,39,41,82H,6-7,12-13,18-19,24-25,30-31,36-38,40,42-81H2,1-5H3/p+1/b10-8-,11-9-,16-14-,17-15-,22-20-,23-21-,28-26-,29-27-,34-32-,35-33-,41-39-. The third kappa shape index (κ3) is 77.2. The van der Waals surface area contributed by atoms with Gasteiger partial charge in [-0.05, 0) is 109 Å². The Balaban J connectivity index is 3.98. The van der Waals surface area contributed by atoms with Gasteiger partial charge in [-0.3, -0.25) is 18.6 Å². The van der Waals surface area contributed by atoms with Gasteiger partial charge in [0.25, 0.3) is 0 Å². The third-order valence-electron chi connectivity index (χ3n) is 16.7. The van der Waals surface area contributed by atoms with Crippen molar-refractivity contribution in [3.63, 3.8) is 0 Å². The largest absolute Gasteiger partial charge is 0.472 e. The van der Waals surface area contributed by atoms with Gasteiger partial charge in [0.15, 0.2) is 6.10 Å². The molecule has 0 saturated heterocycles. The summed E-state index contributed by atoms with van der Waals surface area (Å²) in [6.45, 7) is 4.24. The van der Waals surface area contributed by atoms with E-state index >= 15 is 0 Å². The van der Waals surface area contributed by atoms with Crippen molar-refractivity contribution in [3.05, 3.63) is 134 Å². The molecule has 0 rings (SSSR count). The number of carbonyl (C=O) groups is 2. The molecule has 0 aliphatic rings. The molecule has 0 heterocycles. The Labute approximate surface area is 581 Å². The van der Waals surface area contributed by atoms with Gasteiger partial charge in [0.2, 0.25) is 0 Å². The van der Waals surface area contributed by atoms with Crippen LogP contribution < -0.4 is 0 Å². The fourth-order valence-electron chi connectivity index (χ4n) is 10.8. The summed E-state index contributed by atoms with van der Waals surface area (Å²) >= 11 is 0. The molecule has 0 fully saturated rings. The van der Waals surface area contributed by atoms with Crippen molar-refractivity contribution < 1.29 is 42.1 Å². The highest BCUT2D eigenvalue weighted by Gasteiger charge is 2.27. The van der Waals surface area contributed by atoms with Crippen molar-refractivity contribution in [1.82, 2.24) is 0 Å². The van der Waals surface area contributed by atoms with Crippen LogP contribution in [0.2, 0.25) is 0 Å². The molecule has 0 radical (unpaired) electrons. The Morgan fingerprint density at radius 2 is 0.574 bits per heavy atom. The average Bonchev–Trinajstić information content (AvgIpc) is 1.68. The van der Waals surface area contributed by atoms with Crippen molar-refractivity contribution in [2.24, 2.45) is 0 Å². The first kappa shape index (κ1) is 90.2. The van der Waals surface area contributed by atoms with Gasteiger partial charge in [-0.15, -0.1) is 0 Å². The highest BCUT2D eigenvalue weighted by molar-refractivity contribution is 7.47. The summed E-state index contributed by atoms with van der Waals surface area (Å²) < 4.78 is 34.8. The molecular weight excluding hydrogens is 1180 g/mol. The molecule has 0 bridgehead atoms. The second-order valence-corrected chi connectivity index (χ2v) is 28.4. The fraction of sp³-hybridized carbons (Fsp3) is 0.714. The number of quaternary nitrogens is 1. The number of hydrogen-bond acceptors (Lipinski definition) is 7. The summed E-state index contributed by atoms with van der Waals surface area (Å²) in [5.41, 5.74) is 0. The minimum atomic E-state index is -4.40. The van der Waals surface area contributed by atoms with Gasteiger partial charge in [-0.1, -0.05) is 347 Å². The highest BCUT2D eigenvalue weighted by Crippen LogP contribution is 2.43. The SMILES string of the molecule is CC/C=C\C/C=C\C/C=C\C/C=C\C/C=C\C/C=C\CCCCCCCCCCCCCCCCCCC(=O)OC(COC(=O)CCCCCCCCCCCCCCCCCCCCC/C=C\C/C=C\C/C=C\C/C=C\C/C=C\CC)COP(=O)(O)OCC[N+](C)(C)C.